The summed E-state index contributed by atoms with van der Waals surface area (Å²) >= 11 is 0. The smallest absolute Gasteiger partial charge is 0.191 e. The number of hydrogen-bond donors (Lipinski definition) is 0. The van der Waals surface area contributed by atoms with E-state index in [4.69, 9.17) is 0 Å². The molecular formula is C10H8FN3O. The molecule has 0 radical (unpaired) electrons. The minimum Gasteiger partial charge on any atom is -0.294 e. The molecule has 76 valence electrons. The highest BCUT2D eigenvalue weighted by atomic mass is 19.1. The zero-order valence-electron chi connectivity index (χ0n) is 8.01. The molecule has 0 bridgehead atoms. The standard InChI is InChI=1S/C10H8FN3O/c1-14-9(6-15)12-10(13-14)7-3-2-4-8(11)5-7/h2-6H,1H3. The average molecular weight is 205 g/mol. The van der Waals surface area contributed by atoms with Crippen molar-refractivity contribution in [3.63, 3.8) is 0 Å². The normalized spacial score (nSPS) is 10.3. The van der Waals surface area contributed by atoms with Gasteiger partial charge in [-0.05, 0) is 12.1 Å². The van der Waals surface area contributed by atoms with Crippen molar-refractivity contribution in [2.24, 2.45) is 7.05 Å². The van der Waals surface area contributed by atoms with Gasteiger partial charge < -0.3 is 0 Å². The van der Waals surface area contributed by atoms with Crippen molar-refractivity contribution < 1.29 is 9.18 Å². The zero-order valence-corrected chi connectivity index (χ0v) is 8.01. The van der Waals surface area contributed by atoms with Crippen LogP contribution < -0.4 is 0 Å². The molecule has 5 heteroatoms. The second kappa shape index (κ2) is 3.61. The summed E-state index contributed by atoms with van der Waals surface area (Å²) < 4.78 is 14.3. The molecule has 1 aromatic carbocycles. The molecule has 0 atom stereocenters. The number of carbonyl (C=O) groups is 1. The number of carbonyl (C=O) groups excluding carboxylic acids is 1. The second-order valence-electron chi connectivity index (χ2n) is 3.05. The van der Waals surface area contributed by atoms with Gasteiger partial charge in [0.05, 0.1) is 0 Å². The van der Waals surface area contributed by atoms with Crippen molar-refractivity contribution >= 4 is 6.29 Å². The number of aryl methyl sites for hydroxylation is 1. The highest BCUT2D eigenvalue weighted by Gasteiger charge is 2.08. The van der Waals surface area contributed by atoms with Crippen LogP contribution in [0.15, 0.2) is 24.3 Å². The lowest BCUT2D eigenvalue weighted by Crippen LogP contribution is -1.96. The molecule has 1 heterocycles. The zero-order chi connectivity index (χ0) is 10.8. The van der Waals surface area contributed by atoms with Gasteiger partial charge in [-0.25, -0.2) is 14.1 Å². The third kappa shape index (κ3) is 1.76. The Balaban J connectivity index is 2.49. The molecule has 0 N–H and O–H groups in total. The van der Waals surface area contributed by atoms with Gasteiger partial charge in [-0.1, -0.05) is 12.1 Å². The van der Waals surface area contributed by atoms with Crippen LogP contribution in [-0.4, -0.2) is 21.1 Å². The summed E-state index contributed by atoms with van der Waals surface area (Å²) in [5.41, 5.74) is 0.554. The van der Waals surface area contributed by atoms with Crippen LogP contribution in [0.2, 0.25) is 0 Å². The van der Waals surface area contributed by atoms with Gasteiger partial charge in [-0.15, -0.1) is 0 Å². The van der Waals surface area contributed by atoms with E-state index in [1.165, 1.54) is 16.8 Å². The molecule has 15 heavy (non-hydrogen) atoms. The Hall–Kier alpha value is -2.04. The minimum atomic E-state index is -0.354. The molecule has 0 aliphatic rings. The molecule has 2 aromatic rings. The maximum atomic E-state index is 12.9. The van der Waals surface area contributed by atoms with Crippen LogP contribution >= 0.6 is 0 Å². The molecule has 0 saturated heterocycles. The van der Waals surface area contributed by atoms with Crippen molar-refractivity contribution in [3.05, 3.63) is 35.9 Å². The van der Waals surface area contributed by atoms with Gasteiger partial charge in [-0.2, -0.15) is 5.10 Å². The fourth-order valence-electron chi connectivity index (χ4n) is 1.25. The Morgan fingerprint density at radius 3 is 2.87 bits per heavy atom. The van der Waals surface area contributed by atoms with E-state index in [2.05, 4.69) is 10.1 Å². The molecule has 0 aliphatic heterocycles. The Kier molecular flexibility index (Phi) is 2.29. The average Bonchev–Trinajstić information content (AvgIpc) is 2.60. The largest absolute Gasteiger partial charge is 0.294 e. The minimum absolute atomic E-state index is 0.217. The van der Waals surface area contributed by atoms with Gasteiger partial charge in [0.15, 0.2) is 17.9 Å². The SMILES string of the molecule is Cn1nc(-c2cccc(F)c2)nc1C=O. The number of hydrogen-bond acceptors (Lipinski definition) is 3. The van der Waals surface area contributed by atoms with E-state index in [0.29, 0.717) is 17.7 Å². The van der Waals surface area contributed by atoms with E-state index < -0.39 is 0 Å². The lowest BCUT2D eigenvalue weighted by molar-refractivity contribution is 0.111. The van der Waals surface area contributed by atoms with Gasteiger partial charge in [0.1, 0.15) is 5.82 Å². The van der Waals surface area contributed by atoms with E-state index in [1.807, 2.05) is 0 Å². The predicted octanol–water partition coefficient (Wildman–Crippen LogP) is 1.43. The molecule has 0 amide bonds. The van der Waals surface area contributed by atoms with Crippen molar-refractivity contribution in [1.82, 2.24) is 14.8 Å². The fraction of sp³-hybridized carbons (Fsp3) is 0.100. The molecule has 1 aromatic heterocycles. The van der Waals surface area contributed by atoms with E-state index in [9.17, 15) is 9.18 Å². The van der Waals surface area contributed by atoms with Crippen LogP contribution in [-0.2, 0) is 7.05 Å². The van der Waals surface area contributed by atoms with Crippen LogP contribution in [0.4, 0.5) is 4.39 Å². The maximum Gasteiger partial charge on any atom is 0.191 e. The lowest BCUT2D eigenvalue weighted by Gasteiger charge is -1.93. The first-order valence-corrected chi connectivity index (χ1v) is 4.33. The molecule has 0 fully saturated rings. The fourth-order valence-corrected chi connectivity index (χ4v) is 1.25. The van der Waals surface area contributed by atoms with E-state index in [-0.39, 0.29) is 11.6 Å². The molecule has 0 unspecified atom stereocenters. The van der Waals surface area contributed by atoms with Crippen LogP contribution in [0.5, 0.6) is 0 Å². The van der Waals surface area contributed by atoms with Crippen LogP contribution in [0, 0.1) is 5.82 Å². The summed E-state index contributed by atoms with van der Waals surface area (Å²) in [7, 11) is 1.61. The van der Waals surface area contributed by atoms with Crippen LogP contribution in [0.3, 0.4) is 0 Å². The lowest BCUT2D eigenvalue weighted by atomic mass is 10.2. The predicted molar refractivity (Wildman–Crippen MR) is 51.8 cm³/mol. The van der Waals surface area contributed by atoms with Crippen molar-refractivity contribution in [2.75, 3.05) is 0 Å². The van der Waals surface area contributed by atoms with Crippen molar-refractivity contribution in [2.45, 2.75) is 0 Å². The molecule has 4 nitrogen and oxygen atoms in total. The third-order valence-electron chi connectivity index (χ3n) is 1.98. The second-order valence-corrected chi connectivity index (χ2v) is 3.05. The van der Waals surface area contributed by atoms with E-state index in [1.54, 1.807) is 19.2 Å². The maximum absolute atomic E-state index is 12.9. The first-order valence-electron chi connectivity index (χ1n) is 4.33. The number of halogens is 1. The quantitative estimate of drug-likeness (QED) is 0.697. The van der Waals surface area contributed by atoms with Gasteiger partial charge in [0, 0.05) is 12.6 Å². The van der Waals surface area contributed by atoms with Crippen LogP contribution in [0.25, 0.3) is 11.4 Å². The van der Waals surface area contributed by atoms with Gasteiger partial charge in [0.25, 0.3) is 0 Å². The molecule has 0 spiro atoms. The van der Waals surface area contributed by atoms with Crippen LogP contribution in [0.1, 0.15) is 10.6 Å². The molecular weight excluding hydrogens is 197 g/mol. The summed E-state index contributed by atoms with van der Waals surface area (Å²) in [5, 5.41) is 4.00. The Morgan fingerprint density at radius 1 is 1.47 bits per heavy atom. The Labute approximate surface area is 85.4 Å². The number of aldehydes is 1. The molecule has 0 aliphatic carbocycles. The number of nitrogens with zero attached hydrogens (tertiary/aromatic N) is 3. The highest BCUT2D eigenvalue weighted by molar-refractivity contribution is 5.70. The van der Waals surface area contributed by atoms with Gasteiger partial charge >= 0.3 is 0 Å². The van der Waals surface area contributed by atoms with E-state index in [0.717, 1.165) is 0 Å². The topological polar surface area (TPSA) is 47.8 Å². The van der Waals surface area contributed by atoms with Gasteiger partial charge in [0.2, 0.25) is 0 Å². The summed E-state index contributed by atoms with van der Waals surface area (Å²) in [4.78, 5) is 14.5. The highest BCUT2D eigenvalue weighted by Crippen LogP contribution is 2.15. The van der Waals surface area contributed by atoms with Gasteiger partial charge in [-0.3, -0.25) is 4.79 Å². The Morgan fingerprint density at radius 2 is 2.27 bits per heavy atom. The molecule has 0 saturated carbocycles. The third-order valence-corrected chi connectivity index (χ3v) is 1.98. The van der Waals surface area contributed by atoms with E-state index >= 15 is 0 Å². The summed E-state index contributed by atoms with van der Waals surface area (Å²) in [6, 6.07) is 5.92. The monoisotopic (exact) mass is 205 g/mol. The number of rotatable bonds is 2. The van der Waals surface area contributed by atoms with Crippen molar-refractivity contribution in [3.8, 4) is 11.4 Å². The first kappa shape index (κ1) is 9.51. The first-order chi connectivity index (χ1) is 7.20. The number of benzene rings is 1. The Bertz CT molecular complexity index is 507. The summed E-state index contributed by atoms with van der Waals surface area (Å²) in [6.07, 6.45) is 0.607. The summed E-state index contributed by atoms with van der Waals surface area (Å²) in [5.74, 6) is 0.209. The van der Waals surface area contributed by atoms with Crippen molar-refractivity contribution in [1.29, 1.82) is 0 Å². The number of aromatic nitrogens is 3. The summed E-state index contributed by atoms with van der Waals surface area (Å²) in [6.45, 7) is 0. The molecule has 2 rings (SSSR count).